The van der Waals surface area contributed by atoms with E-state index in [0.717, 1.165) is 5.56 Å². The van der Waals surface area contributed by atoms with E-state index in [4.69, 9.17) is 4.98 Å². The highest BCUT2D eigenvalue weighted by molar-refractivity contribution is 7.89. The first-order valence-corrected chi connectivity index (χ1v) is 10.3. The first-order chi connectivity index (χ1) is 12.9. The van der Waals surface area contributed by atoms with Gasteiger partial charge in [0.1, 0.15) is 5.82 Å². The van der Waals surface area contributed by atoms with Gasteiger partial charge in [0, 0.05) is 25.4 Å². The molecule has 0 fully saturated rings. The van der Waals surface area contributed by atoms with Gasteiger partial charge in [0.25, 0.3) is 10.0 Å². The predicted octanol–water partition coefficient (Wildman–Crippen LogP) is 2.08. The summed E-state index contributed by atoms with van der Waals surface area (Å²) in [5, 5.41) is 4.67. The Morgan fingerprint density at radius 3 is 2.52 bits per heavy atom. The van der Waals surface area contributed by atoms with Crippen molar-refractivity contribution in [3.63, 3.8) is 0 Å². The van der Waals surface area contributed by atoms with Crippen molar-refractivity contribution >= 4 is 10.0 Å². The van der Waals surface area contributed by atoms with Gasteiger partial charge in [0.05, 0.1) is 18.9 Å². The number of hydrogen-bond acceptors (Lipinski definition) is 5. The molecule has 2 aromatic heterocycles. The summed E-state index contributed by atoms with van der Waals surface area (Å²) >= 11 is 0. The summed E-state index contributed by atoms with van der Waals surface area (Å²) in [5.74, 6) is 1.33. The average molecular weight is 386 g/mol. The average Bonchev–Trinajstić information content (AvgIpc) is 3.27. The Labute approximate surface area is 158 Å². The first-order valence-electron chi connectivity index (χ1n) is 8.88. The maximum absolute atomic E-state index is 13.2. The van der Waals surface area contributed by atoms with Gasteiger partial charge in [-0.25, -0.2) is 23.1 Å². The third kappa shape index (κ3) is 3.06. The van der Waals surface area contributed by atoms with E-state index in [0.29, 0.717) is 24.7 Å². The molecule has 0 bridgehead atoms. The summed E-state index contributed by atoms with van der Waals surface area (Å²) in [6.07, 6.45) is 3.03. The maximum atomic E-state index is 13.2. The van der Waals surface area contributed by atoms with E-state index in [1.807, 2.05) is 48.9 Å². The maximum Gasteiger partial charge on any atom is 0.262 e. The number of imidazole rings is 1. The molecule has 0 saturated carbocycles. The summed E-state index contributed by atoms with van der Waals surface area (Å²) in [6, 6.07) is 9.33. The summed E-state index contributed by atoms with van der Waals surface area (Å²) in [6.45, 7) is 4.80. The molecule has 27 heavy (non-hydrogen) atoms. The van der Waals surface area contributed by atoms with Crippen molar-refractivity contribution in [2.75, 3.05) is 6.54 Å². The quantitative estimate of drug-likeness (QED) is 0.685. The first kappa shape index (κ1) is 17.9. The minimum Gasteiger partial charge on any atom is -0.339 e. The van der Waals surface area contributed by atoms with Gasteiger partial charge in [0.2, 0.25) is 0 Å². The molecule has 0 N–H and O–H groups in total. The molecule has 0 unspecified atom stereocenters. The monoisotopic (exact) mass is 386 g/mol. The van der Waals surface area contributed by atoms with Gasteiger partial charge in [-0.3, -0.25) is 0 Å². The molecule has 3 aromatic rings. The SMILES string of the molecule is CC(C)[C@H]1c2nc(-c3ccccc3)nn2CCN1S(=O)(=O)c1cn(C)cn1. The van der Waals surface area contributed by atoms with Crippen LogP contribution in [0.5, 0.6) is 0 Å². The molecule has 9 heteroatoms. The van der Waals surface area contributed by atoms with E-state index in [1.54, 1.807) is 11.6 Å². The minimum atomic E-state index is -3.71. The number of aryl methyl sites for hydroxylation is 1. The molecule has 1 aliphatic heterocycles. The number of benzene rings is 1. The van der Waals surface area contributed by atoms with Crippen LogP contribution < -0.4 is 0 Å². The number of sulfonamides is 1. The molecule has 0 aliphatic carbocycles. The Balaban J connectivity index is 1.77. The second-order valence-electron chi connectivity index (χ2n) is 7.06. The molecule has 142 valence electrons. The summed E-state index contributed by atoms with van der Waals surface area (Å²) in [5.41, 5.74) is 0.918. The van der Waals surface area contributed by atoms with Crippen LogP contribution in [0.15, 0.2) is 47.9 Å². The van der Waals surface area contributed by atoms with Crippen LogP contribution in [0.4, 0.5) is 0 Å². The van der Waals surface area contributed by atoms with Crippen molar-refractivity contribution in [3.05, 3.63) is 48.7 Å². The highest BCUT2D eigenvalue weighted by Gasteiger charge is 2.41. The molecule has 0 saturated heterocycles. The lowest BCUT2D eigenvalue weighted by atomic mass is 10.0. The Hall–Kier alpha value is -2.52. The number of hydrogen-bond donors (Lipinski definition) is 0. The Bertz CT molecular complexity index is 1050. The molecule has 3 heterocycles. The Morgan fingerprint density at radius 2 is 1.89 bits per heavy atom. The van der Waals surface area contributed by atoms with Crippen LogP contribution in [0, 0.1) is 5.92 Å². The molecule has 1 aromatic carbocycles. The van der Waals surface area contributed by atoms with Crippen molar-refractivity contribution in [3.8, 4) is 11.4 Å². The molecular weight excluding hydrogens is 364 g/mol. The minimum absolute atomic E-state index is 0.0374. The van der Waals surface area contributed by atoms with Crippen molar-refractivity contribution in [1.82, 2.24) is 28.6 Å². The van der Waals surface area contributed by atoms with Crippen LogP contribution in [-0.2, 0) is 23.6 Å². The largest absolute Gasteiger partial charge is 0.339 e. The third-order valence-electron chi connectivity index (χ3n) is 4.72. The highest BCUT2D eigenvalue weighted by Crippen LogP contribution is 2.35. The third-order valence-corrected chi connectivity index (χ3v) is 6.49. The van der Waals surface area contributed by atoms with Crippen LogP contribution in [-0.4, -0.2) is 43.6 Å². The van der Waals surface area contributed by atoms with Crippen LogP contribution in [0.25, 0.3) is 11.4 Å². The van der Waals surface area contributed by atoms with Gasteiger partial charge in [0.15, 0.2) is 10.9 Å². The zero-order chi connectivity index (χ0) is 19.2. The second-order valence-corrected chi connectivity index (χ2v) is 8.90. The van der Waals surface area contributed by atoms with Gasteiger partial charge < -0.3 is 4.57 Å². The van der Waals surface area contributed by atoms with Gasteiger partial charge in [-0.1, -0.05) is 44.2 Å². The molecule has 0 spiro atoms. The molecule has 1 aliphatic rings. The Kier molecular flexibility index (Phi) is 4.35. The fourth-order valence-corrected chi connectivity index (χ4v) is 5.13. The molecule has 0 amide bonds. The lowest BCUT2D eigenvalue weighted by molar-refractivity contribution is 0.201. The van der Waals surface area contributed by atoms with Gasteiger partial charge in [-0.2, -0.15) is 9.40 Å². The highest BCUT2D eigenvalue weighted by atomic mass is 32.2. The molecule has 8 nitrogen and oxygen atoms in total. The zero-order valence-electron chi connectivity index (χ0n) is 15.5. The van der Waals surface area contributed by atoms with Crippen LogP contribution >= 0.6 is 0 Å². The van der Waals surface area contributed by atoms with Crippen LogP contribution in [0.2, 0.25) is 0 Å². The van der Waals surface area contributed by atoms with Crippen molar-refractivity contribution < 1.29 is 8.42 Å². The van der Waals surface area contributed by atoms with Gasteiger partial charge in [-0.15, -0.1) is 0 Å². The van der Waals surface area contributed by atoms with Crippen molar-refractivity contribution in [2.45, 2.75) is 31.5 Å². The van der Waals surface area contributed by atoms with E-state index < -0.39 is 16.1 Å². The number of nitrogens with zero attached hydrogens (tertiary/aromatic N) is 6. The lowest BCUT2D eigenvalue weighted by Gasteiger charge is -2.35. The molecular formula is C18H22N6O2S. The summed E-state index contributed by atoms with van der Waals surface area (Å²) < 4.78 is 31.4. The summed E-state index contributed by atoms with van der Waals surface area (Å²) in [4.78, 5) is 8.76. The van der Waals surface area contributed by atoms with E-state index >= 15 is 0 Å². The van der Waals surface area contributed by atoms with Crippen molar-refractivity contribution in [2.24, 2.45) is 13.0 Å². The van der Waals surface area contributed by atoms with Crippen molar-refractivity contribution in [1.29, 1.82) is 0 Å². The smallest absolute Gasteiger partial charge is 0.262 e. The molecule has 4 rings (SSSR count). The molecule has 0 radical (unpaired) electrons. The van der Waals surface area contributed by atoms with E-state index in [2.05, 4.69) is 10.1 Å². The Morgan fingerprint density at radius 1 is 1.15 bits per heavy atom. The fourth-order valence-electron chi connectivity index (χ4n) is 3.45. The van der Waals surface area contributed by atoms with E-state index in [9.17, 15) is 8.42 Å². The normalized spacial score (nSPS) is 18.0. The molecule has 1 atom stereocenters. The van der Waals surface area contributed by atoms with Crippen LogP contribution in [0.3, 0.4) is 0 Å². The number of fused-ring (bicyclic) bond motifs is 1. The zero-order valence-corrected chi connectivity index (χ0v) is 16.3. The standard InChI is InChI=1S/C18H22N6O2S/c1-13(2)16-18-20-17(14-7-5-4-6-8-14)21-23(18)9-10-24(16)27(25,26)15-11-22(3)12-19-15/h4-8,11-13,16H,9-10H2,1-3H3/t16-/m0/s1. The number of rotatable bonds is 4. The number of aromatic nitrogens is 5. The fraction of sp³-hybridized carbons (Fsp3) is 0.389. The topological polar surface area (TPSA) is 85.9 Å². The van der Waals surface area contributed by atoms with Gasteiger partial charge in [-0.05, 0) is 5.92 Å². The predicted molar refractivity (Wildman–Crippen MR) is 100 cm³/mol. The summed E-state index contributed by atoms with van der Waals surface area (Å²) in [7, 11) is -1.96. The van der Waals surface area contributed by atoms with E-state index in [-0.39, 0.29) is 10.9 Å². The van der Waals surface area contributed by atoms with Crippen LogP contribution in [0.1, 0.15) is 25.7 Å². The van der Waals surface area contributed by atoms with Gasteiger partial charge >= 0.3 is 0 Å². The second kappa shape index (κ2) is 6.58. The van der Waals surface area contributed by atoms with E-state index in [1.165, 1.54) is 16.8 Å². The lowest BCUT2D eigenvalue weighted by Crippen LogP contribution is -2.44.